The van der Waals surface area contributed by atoms with Gasteiger partial charge >= 0.3 is 0 Å². The molecule has 0 aliphatic carbocycles. The highest BCUT2D eigenvalue weighted by molar-refractivity contribution is 5.80. The minimum atomic E-state index is -1.66. The monoisotopic (exact) mass is 1150 g/mol. The molecule has 11 heteroatoms. The fraction of sp³-hybridized carbons (Fsp3) is 0.957. The summed E-state index contributed by atoms with van der Waals surface area (Å²) in [6.07, 6.45) is 61.5. The van der Waals surface area contributed by atoms with E-state index in [1.807, 2.05) is 0 Å². The van der Waals surface area contributed by atoms with Crippen LogP contribution in [0.3, 0.4) is 0 Å². The van der Waals surface area contributed by atoms with Crippen LogP contribution in [0.1, 0.15) is 361 Å². The predicted octanol–water partition coefficient (Wildman–Crippen LogP) is 17.0. The lowest BCUT2D eigenvalue weighted by Gasteiger charge is -2.40. The first-order chi connectivity index (χ1) is 39.7. The number of nitrogens with one attached hydrogen (secondary N) is 1. The van der Waals surface area contributed by atoms with Crippen molar-refractivity contribution in [2.45, 2.75) is 416 Å². The van der Waals surface area contributed by atoms with Crippen molar-refractivity contribution in [3.05, 3.63) is 12.2 Å². The van der Waals surface area contributed by atoms with Crippen LogP contribution in [0.25, 0.3) is 0 Å². The number of ether oxygens (including phenoxy) is 2. The van der Waals surface area contributed by atoms with Crippen molar-refractivity contribution in [1.29, 1.82) is 0 Å². The number of unbranched alkanes of at least 4 members (excludes halogenated alkanes) is 49. The van der Waals surface area contributed by atoms with E-state index in [1.165, 1.54) is 283 Å². The molecule has 0 saturated carbocycles. The van der Waals surface area contributed by atoms with Crippen LogP contribution >= 0.6 is 0 Å². The Labute approximate surface area is 500 Å². The highest BCUT2D eigenvalue weighted by atomic mass is 16.7. The SMILES string of the molecule is CCCCCCCCCCCCCC/C=C\CCCCCCCCCCCCCC(O)C(=O)NC(COC1OC(CO)C(O)C(O)C1O)C(O)C(O)CCCCCCCCCCCCCCCCCCCCCCCCCCCCC. The topological polar surface area (TPSA) is 189 Å². The van der Waals surface area contributed by atoms with E-state index >= 15 is 0 Å². The number of aliphatic hydroxyl groups is 7. The molecule has 0 aromatic heterocycles. The van der Waals surface area contributed by atoms with Gasteiger partial charge in [-0.2, -0.15) is 0 Å². The molecule has 9 atom stereocenters. The van der Waals surface area contributed by atoms with Crippen LogP contribution < -0.4 is 5.32 Å². The number of aliphatic hydroxyl groups excluding tert-OH is 7. The molecule has 0 aromatic carbocycles. The Balaban J connectivity index is 2.19. The molecule has 0 aromatic rings. The van der Waals surface area contributed by atoms with Gasteiger partial charge in [0.15, 0.2) is 6.29 Å². The third kappa shape index (κ3) is 46.7. The first-order valence-electron chi connectivity index (χ1n) is 35.6. The predicted molar refractivity (Wildman–Crippen MR) is 339 cm³/mol. The van der Waals surface area contributed by atoms with Gasteiger partial charge in [-0.3, -0.25) is 4.79 Å². The van der Waals surface area contributed by atoms with E-state index in [2.05, 4.69) is 31.3 Å². The molecule has 1 amide bonds. The number of carbonyl (C=O) groups is 1. The second-order valence-corrected chi connectivity index (χ2v) is 25.3. The number of hydrogen-bond acceptors (Lipinski definition) is 10. The minimum absolute atomic E-state index is 0.263. The maximum atomic E-state index is 13.3. The van der Waals surface area contributed by atoms with Crippen LogP contribution in [0.4, 0.5) is 0 Å². The van der Waals surface area contributed by atoms with Crippen LogP contribution in [0, 0.1) is 0 Å². The molecule has 0 radical (unpaired) electrons. The van der Waals surface area contributed by atoms with Crippen molar-refractivity contribution in [2.24, 2.45) is 0 Å². The number of amides is 1. The summed E-state index contributed by atoms with van der Waals surface area (Å²) in [4.78, 5) is 13.3. The van der Waals surface area contributed by atoms with E-state index in [0.29, 0.717) is 19.3 Å². The molecule has 482 valence electrons. The van der Waals surface area contributed by atoms with Crippen LogP contribution in [-0.2, 0) is 14.3 Å². The van der Waals surface area contributed by atoms with Crippen LogP contribution in [0.2, 0.25) is 0 Å². The smallest absolute Gasteiger partial charge is 0.249 e. The minimum Gasteiger partial charge on any atom is -0.394 e. The average molecular weight is 1150 g/mol. The molecule has 1 aliphatic heterocycles. The van der Waals surface area contributed by atoms with Gasteiger partial charge in [-0.1, -0.05) is 334 Å². The average Bonchev–Trinajstić information content (AvgIpc) is 3.51. The summed E-state index contributed by atoms with van der Waals surface area (Å²) in [6.45, 7) is 3.52. The summed E-state index contributed by atoms with van der Waals surface area (Å²) in [5.41, 5.74) is 0. The first-order valence-corrected chi connectivity index (χ1v) is 35.6. The number of allylic oxidation sites excluding steroid dienone is 2. The van der Waals surface area contributed by atoms with Gasteiger partial charge in [0.1, 0.15) is 36.6 Å². The van der Waals surface area contributed by atoms with Gasteiger partial charge in [-0.15, -0.1) is 0 Å². The van der Waals surface area contributed by atoms with Crippen molar-refractivity contribution in [3.8, 4) is 0 Å². The zero-order chi connectivity index (χ0) is 58.9. The van der Waals surface area contributed by atoms with Crippen molar-refractivity contribution in [3.63, 3.8) is 0 Å². The van der Waals surface area contributed by atoms with E-state index in [0.717, 1.165) is 38.5 Å². The zero-order valence-electron chi connectivity index (χ0n) is 53.3. The van der Waals surface area contributed by atoms with Crippen LogP contribution in [0.15, 0.2) is 12.2 Å². The van der Waals surface area contributed by atoms with Crippen LogP contribution in [0.5, 0.6) is 0 Å². The number of rotatable bonds is 63. The van der Waals surface area contributed by atoms with E-state index < -0.39 is 74.2 Å². The lowest BCUT2D eigenvalue weighted by atomic mass is 9.98. The summed E-state index contributed by atoms with van der Waals surface area (Å²) in [6, 6.07) is -1.17. The Morgan fingerprint density at radius 1 is 0.420 bits per heavy atom. The maximum Gasteiger partial charge on any atom is 0.249 e. The normalized spacial score (nSPS) is 19.1. The molecular weight excluding hydrogens is 1010 g/mol. The highest BCUT2D eigenvalue weighted by Gasteiger charge is 2.44. The molecule has 1 heterocycles. The quantitative estimate of drug-likeness (QED) is 0.0215. The summed E-state index contributed by atoms with van der Waals surface area (Å²) < 4.78 is 11.2. The third-order valence-electron chi connectivity index (χ3n) is 17.6. The maximum absolute atomic E-state index is 13.3. The molecule has 8 N–H and O–H groups in total. The van der Waals surface area contributed by atoms with Crippen molar-refractivity contribution < 1.29 is 50.0 Å². The van der Waals surface area contributed by atoms with Crippen LogP contribution in [-0.4, -0.2) is 110 Å². The molecule has 0 bridgehead atoms. The Kier molecular flexibility index (Phi) is 56.9. The fourth-order valence-electron chi connectivity index (χ4n) is 11.9. The van der Waals surface area contributed by atoms with Gasteiger partial charge in [0, 0.05) is 0 Å². The van der Waals surface area contributed by atoms with Gasteiger partial charge in [0.05, 0.1) is 25.4 Å². The summed E-state index contributed by atoms with van der Waals surface area (Å²) in [5.74, 6) is -0.690. The fourth-order valence-corrected chi connectivity index (χ4v) is 11.9. The lowest BCUT2D eigenvalue weighted by molar-refractivity contribution is -0.303. The van der Waals surface area contributed by atoms with Gasteiger partial charge in [0.2, 0.25) is 5.91 Å². The molecule has 11 nitrogen and oxygen atoms in total. The summed E-state index contributed by atoms with van der Waals surface area (Å²) in [5, 5.41) is 76.6. The van der Waals surface area contributed by atoms with Gasteiger partial charge < -0.3 is 50.5 Å². The molecule has 9 unspecified atom stereocenters. The van der Waals surface area contributed by atoms with Crippen molar-refractivity contribution >= 4 is 5.91 Å². The van der Waals surface area contributed by atoms with Gasteiger partial charge in [0.25, 0.3) is 0 Å². The Morgan fingerprint density at radius 3 is 1.04 bits per heavy atom. The van der Waals surface area contributed by atoms with Gasteiger partial charge in [-0.25, -0.2) is 0 Å². The molecule has 1 fully saturated rings. The molecule has 1 saturated heterocycles. The third-order valence-corrected chi connectivity index (χ3v) is 17.6. The Morgan fingerprint density at radius 2 is 0.716 bits per heavy atom. The Bertz CT molecular complexity index is 1320. The largest absolute Gasteiger partial charge is 0.394 e. The van der Waals surface area contributed by atoms with Crippen molar-refractivity contribution in [2.75, 3.05) is 13.2 Å². The molecule has 81 heavy (non-hydrogen) atoms. The van der Waals surface area contributed by atoms with E-state index in [4.69, 9.17) is 9.47 Å². The second kappa shape index (κ2) is 59.2. The molecule has 1 rings (SSSR count). The molecular formula is C70H137NO10. The second-order valence-electron chi connectivity index (χ2n) is 25.3. The highest BCUT2D eigenvalue weighted by Crippen LogP contribution is 2.24. The lowest BCUT2D eigenvalue weighted by Crippen LogP contribution is -2.60. The number of hydrogen-bond donors (Lipinski definition) is 8. The zero-order valence-corrected chi connectivity index (χ0v) is 53.3. The first kappa shape index (κ1) is 77.9. The summed E-state index contributed by atoms with van der Waals surface area (Å²) in [7, 11) is 0. The Hall–Kier alpha value is -1.15. The standard InChI is InChI=1S/C70H137NO10/c1-3-5-7-9-11-13-15-17-19-21-23-25-27-29-31-33-35-37-39-41-43-45-47-49-51-53-55-57-62(73)65(75)61(60-80-70-68(78)67(77)66(76)64(59-72)81-70)71-69(79)63(74)58-56-54-52-50-48-46-44-42-40-38-36-34-32-30-28-26-24-22-20-18-16-14-12-10-8-6-4-2/h30,32,61-68,70,72-78H,3-29,31,33-60H2,1-2H3,(H,71,79)/b32-30-. The number of carbonyl (C=O) groups excluding carboxylic acids is 1. The van der Waals surface area contributed by atoms with Crippen molar-refractivity contribution in [1.82, 2.24) is 5.32 Å². The molecule has 1 aliphatic rings. The van der Waals surface area contributed by atoms with Gasteiger partial charge in [-0.05, 0) is 38.5 Å². The summed E-state index contributed by atoms with van der Waals surface area (Å²) >= 11 is 0. The van der Waals surface area contributed by atoms with E-state index in [-0.39, 0.29) is 6.42 Å². The molecule has 0 spiro atoms. The van der Waals surface area contributed by atoms with E-state index in [1.54, 1.807) is 0 Å². The van der Waals surface area contributed by atoms with E-state index in [9.17, 15) is 40.5 Å².